The summed E-state index contributed by atoms with van der Waals surface area (Å²) in [5, 5.41) is 9.36. The third-order valence-corrected chi connectivity index (χ3v) is 3.02. The maximum atomic E-state index is 13.5. The number of aliphatic hydroxyl groups is 1. The van der Waals surface area contributed by atoms with Crippen molar-refractivity contribution in [1.82, 2.24) is 0 Å². The Morgan fingerprint density at radius 1 is 0.947 bits per heavy atom. The van der Waals surface area contributed by atoms with Crippen LogP contribution in [0.3, 0.4) is 0 Å². The second kappa shape index (κ2) is 5.89. The Bertz CT molecular complexity index is 569. The Morgan fingerprint density at radius 2 is 1.68 bits per heavy atom. The van der Waals surface area contributed by atoms with Crippen LogP contribution in [0.1, 0.15) is 17.0 Å². The van der Waals surface area contributed by atoms with Crippen LogP contribution < -0.4 is 0 Å². The zero-order valence-corrected chi connectivity index (χ0v) is 10.1. The normalized spacial score (nSPS) is 12.4. The van der Waals surface area contributed by atoms with Gasteiger partial charge in [0.05, 0.1) is 6.61 Å². The molecule has 0 spiro atoms. The molecule has 4 heteroatoms. The van der Waals surface area contributed by atoms with Gasteiger partial charge in [0.25, 0.3) is 0 Å². The van der Waals surface area contributed by atoms with Crippen LogP contribution in [0.4, 0.5) is 13.2 Å². The highest BCUT2D eigenvalue weighted by Crippen LogP contribution is 2.23. The Kier molecular flexibility index (Phi) is 4.22. The molecule has 0 bridgehead atoms. The number of halogens is 3. The van der Waals surface area contributed by atoms with Crippen molar-refractivity contribution in [2.45, 2.75) is 12.3 Å². The summed E-state index contributed by atoms with van der Waals surface area (Å²) in [6.45, 7) is -0.236. The van der Waals surface area contributed by atoms with Gasteiger partial charge < -0.3 is 5.11 Å². The van der Waals surface area contributed by atoms with Gasteiger partial charge in [0, 0.05) is 12.0 Å². The van der Waals surface area contributed by atoms with E-state index in [1.54, 1.807) is 6.07 Å². The monoisotopic (exact) mass is 266 g/mol. The van der Waals surface area contributed by atoms with Gasteiger partial charge in [-0.25, -0.2) is 13.2 Å². The van der Waals surface area contributed by atoms with Crippen molar-refractivity contribution in [3.63, 3.8) is 0 Å². The predicted octanol–water partition coefficient (Wildman–Crippen LogP) is 3.42. The van der Waals surface area contributed by atoms with Crippen molar-refractivity contribution in [3.8, 4) is 0 Å². The van der Waals surface area contributed by atoms with Gasteiger partial charge in [-0.1, -0.05) is 18.2 Å². The minimum Gasteiger partial charge on any atom is -0.396 e. The fourth-order valence-corrected chi connectivity index (χ4v) is 2.00. The van der Waals surface area contributed by atoms with Crippen molar-refractivity contribution in [2.24, 2.45) is 0 Å². The minimum atomic E-state index is -0.658. The molecule has 1 nitrogen and oxygen atoms in total. The zero-order chi connectivity index (χ0) is 13.8. The van der Waals surface area contributed by atoms with Crippen molar-refractivity contribution in [2.75, 3.05) is 6.61 Å². The third-order valence-electron chi connectivity index (χ3n) is 3.02. The summed E-state index contributed by atoms with van der Waals surface area (Å²) >= 11 is 0. The molecular weight excluding hydrogens is 253 g/mol. The van der Waals surface area contributed by atoms with Crippen LogP contribution in [0.15, 0.2) is 42.5 Å². The molecule has 100 valence electrons. The first-order chi connectivity index (χ1) is 9.10. The Hall–Kier alpha value is -1.81. The fraction of sp³-hybridized carbons (Fsp3) is 0.200. The summed E-state index contributed by atoms with van der Waals surface area (Å²) in [5.74, 6) is -2.13. The van der Waals surface area contributed by atoms with Crippen LogP contribution in [-0.2, 0) is 6.42 Å². The molecule has 0 aliphatic heterocycles. The number of aliphatic hydroxyl groups excluding tert-OH is 1. The fourth-order valence-electron chi connectivity index (χ4n) is 2.00. The minimum absolute atomic E-state index is 0.187. The van der Waals surface area contributed by atoms with Crippen LogP contribution in [-0.4, -0.2) is 11.7 Å². The van der Waals surface area contributed by atoms with Crippen LogP contribution >= 0.6 is 0 Å². The van der Waals surface area contributed by atoms with E-state index in [1.165, 1.54) is 30.3 Å². The average Bonchev–Trinajstić information content (AvgIpc) is 2.38. The van der Waals surface area contributed by atoms with E-state index in [0.29, 0.717) is 11.1 Å². The van der Waals surface area contributed by atoms with E-state index >= 15 is 0 Å². The highest BCUT2D eigenvalue weighted by Gasteiger charge is 2.15. The maximum absolute atomic E-state index is 13.5. The summed E-state index contributed by atoms with van der Waals surface area (Å²) < 4.78 is 39.5. The maximum Gasteiger partial charge on any atom is 0.129 e. The summed E-state index contributed by atoms with van der Waals surface area (Å²) in [4.78, 5) is 0. The van der Waals surface area contributed by atoms with Gasteiger partial charge in [0.1, 0.15) is 17.5 Å². The van der Waals surface area contributed by atoms with E-state index in [4.69, 9.17) is 0 Å². The number of hydrogen-bond donors (Lipinski definition) is 1. The van der Waals surface area contributed by atoms with Crippen LogP contribution in [0.2, 0.25) is 0 Å². The standard InChI is InChI=1S/C15H13F3O/c16-13-3-1-2-10(7-13)12(9-19)6-11-4-5-14(17)8-15(11)18/h1-5,7-8,12,19H,6,9H2. The van der Waals surface area contributed by atoms with Gasteiger partial charge in [0.15, 0.2) is 0 Å². The molecule has 0 heterocycles. The first-order valence-electron chi connectivity index (χ1n) is 5.90. The molecule has 0 amide bonds. The lowest BCUT2D eigenvalue weighted by Gasteiger charge is -2.15. The molecule has 2 aromatic carbocycles. The highest BCUT2D eigenvalue weighted by molar-refractivity contribution is 5.26. The van der Waals surface area contributed by atoms with Gasteiger partial charge in [-0.3, -0.25) is 0 Å². The molecular formula is C15H13F3O. The first-order valence-corrected chi connectivity index (χ1v) is 5.90. The summed E-state index contributed by atoms with van der Waals surface area (Å²) in [7, 11) is 0. The van der Waals surface area contributed by atoms with Gasteiger partial charge in [0.2, 0.25) is 0 Å². The van der Waals surface area contributed by atoms with Crippen molar-refractivity contribution >= 4 is 0 Å². The summed E-state index contributed by atoms with van der Waals surface area (Å²) in [5.41, 5.74) is 0.885. The molecule has 0 aromatic heterocycles. The number of hydrogen-bond acceptors (Lipinski definition) is 1. The quantitative estimate of drug-likeness (QED) is 0.899. The highest BCUT2D eigenvalue weighted by atomic mass is 19.1. The number of rotatable bonds is 4. The third kappa shape index (κ3) is 3.35. The van der Waals surface area contributed by atoms with Crippen molar-refractivity contribution < 1.29 is 18.3 Å². The van der Waals surface area contributed by atoms with E-state index in [9.17, 15) is 18.3 Å². The van der Waals surface area contributed by atoms with Crippen LogP contribution in [0, 0.1) is 17.5 Å². The lowest BCUT2D eigenvalue weighted by Crippen LogP contribution is -2.09. The van der Waals surface area contributed by atoms with E-state index in [1.807, 2.05) is 0 Å². The van der Waals surface area contributed by atoms with E-state index in [-0.39, 0.29) is 13.0 Å². The van der Waals surface area contributed by atoms with Gasteiger partial charge in [-0.2, -0.15) is 0 Å². The molecule has 1 unspecified atom stereocenters. The first kappa shape index (κ1) is 13.6. The molecule has 0 saturated carbocycles. The summed E-state index contributed by atoms with van der Waals surface area (Å²) in [6, 6.07) is 9.12. The lowest BCUT2D eigenvalue weighted by atomic mass is 9.92. The molecule has 1 N–H and O–H groups in total. The molecule has 19 heavy (non-hydrogen) atoms. The Labute approximate surface area is 109 Å². The Balaban J connectivity index is 2.24. The molecule has 0 saturated heterocycles. The van der Waals surface area contributed by atoms with Gasteiger partial charge in [-0.05, 0) is 35.7 Å². The summed E-state index contributed by atoms with van der Waals surface area (Å²) in [6.07, 6.45) is 0.187. The second-order valence-electron chi connectivity index (χ2n) is 4.37. The van der Waals surface area contributed by atoms with Crippen molar-refractivity contribution in [3.05, 3.63) is 71.0 Å². The van der Waals surface area contributed by atoms with Crippen molar-refractivity contribution in [1.29, 1.82) is 0 Å². The second-order valence-corrected chi connectivity index (χ2v) is 4.37. The van der Waals surface area contributed by atoms with E-state index < -0.39 is 23.4 Å². The molecule has 0 aliphatic rings. The molecule has 0 fully saturated rings. The molecule has 1 atom stereocenters. The predicted molar refractivity (Wildman–Crippen MR) is 66.3 cm³/mol. The van der Waals surface area contributed by atoms with Crippen LogP contribution in [0.5, 0.6) is 0 Å². The topological polar surface area (TPSA) is 20.2 Å². The van der Waals surface area contributed by atoms with E-state index in [0.717, 1.165) is 6.07 Å². The zero-order valence-electron chi connectivity index (χ0n) is 10.1. The lowest BCUT2D eigenvalue weighted by molar-refractivity contribution is 0.263. The van der Waals surface area contributed by atoms with Gasteiger partial charge >= 0.3 is 0 Å². The largest absolute Gasteiger partial charge is 0.396 e. The molecule has 2 aromatic rings. The van der Waals surface area contributed by atoms with E-state index in [2.05, 4.69) is 0 Å². The smallest absolute Gasteiger partial charge is 0.129 e. The van der Waals surface area contributed by atoms with Gasteiger partial charge in [-0.15, -0.1) is 0 Å². The van der Waals surface area contributed by atoms with Crippen LogP contribution in [0.25, 0.3) is 0 Å². The SMILES string of the molecule is OCC(Cc1ccc(F)cc1F)c1cccc(F)c1. The Morgan fingerprint density at radius 3 is 2.32 bits per heavy atom. The molecule has 0 radical (unpaired) electrons. The number of benzene rings is 2. The average molecular weight is 266 g/mol. The molecule has 2 rings (SSSR count). The molecule has 0 aliphatic carbocycles.